The molecular formula is C8H14Cl2O2. The van der Waals surface area contributed by atoms with Gasteiger partial charge in [0.05, 0.1) is 5.38 Å². The summed E-state index contributed by atoms with van der Waals surface area (Å²) in [4.78, 5) is 10.9. The third-order valence-electron chi connectivity index (χ3n) is 1.33. The highest BCUT2D eigenvalue weighted by atomic mass is 35.5. The molecule has 0 aromatic heterocycles. The molecule has 0 N–H and O–H groups in total. The zero-order chi connectivity index (χ0) is 9.40. The molecule has 0 heterocycles. The highest BCUT2D eigenvalue weighted by Crippen LogP contribution is 2.02. The van der Waals surface area contributed by atoms with E-state index in [0.717, 1.165) is 12.8 Å². The monoisotopic (exact) mass is 212 g/mol. The Morgan fingerprint density at radius 1 is 1.58 bits per heavy atom. The molecule has 12 heavy (non-hydrogen) atoms. The fraction of sp³-hybridized carbons (Fsp3) is 0.875. The predicted molar refractivity (Wildman–Crippen MR) is 50.8 cm³/mol. The lowest BCUT2D eigenvalue weighted by Gasteiger charge is -2.06. The maximum atomic E-state index is 10.9. The molecule has 0 aliphatic rings. The fourth-order valence-electron chi connectivity index (χ4n) is 0.621. The van der Waals surface area contributed by atoms with Crippen molar-refractivity contribution in [3.8, 4) is 0 Å². The van der Waals surface area contributed by atoms with Crippen LogP contribution in [0.4, 0.5) is 0 Å². The van der Waals surface area contributed by atoms with Gasteiger partial charge < -0.3 is 4.74 Å². The number of unbranched alkanes of at least 4 members (excludes halogenated alkanes) is 1. The van der Waals surface area contributed by atoms with E-state index in [1.165, 1.54) is 0 Å². The third-order valence-corrected chi connectivity index (χ3v) is 2.14. The Morgan fingerprint density at radius 2 is 2.25 bits per heavy atom. The first-order chi connectivity index (χ1) is 5.70. The standard InChI is InChI=1S/C8H14Cl2O2/c1-2-3-4-8(11)12-6-7(10)5-9/h7H,2-6H2,1H3. The average molecular weight is 213 g/mol. The number of carbonyl (C=O) groups excluding carboxylic acids is 1. The number of rotatable bonds is 6. The number of hydrogen-bond acceptors (Lipinski definition) is 2. The van der Waals surface area contributed by atoms with Crippen molar-refractivity contribution in [3.63, 3.8) is 0 Å². The van der Waals surface area contributed by atoms with Crippen molar-refractivity contribution in [1.82, 2.24) is 0 Å². The van der Waals surface area contributed by atoms with Gasteiger partial charge in [-0.1, -0.05) is 13.3 Å². The number of hydrogen-bond donors (Lipinski definition) is 0. The molecule has 4 heteroatoms. The Morgan fingerprint density at radius 3 is 2.75 bits per heavy atom. The molecule has 72 valence electrons. The minimum absolute atomic E-state index is 0.187. The highest BCUT2D eigenvalue weighted by Gasteiger charge is 2.06. The summed E-state index contributed by atoms with van der Waals surface area (Å²) in [5, 5.41) is -0.266. The smallest absolute Gasteiger partial charge is 0.305 e. The Labute approximate surface area is 83.2 Å². The van der Waals surface area contributed by atoms with Crippen molar-refractivity contribution in [1.29, 1.82) is 0 Å². The van der Waals surface area contributed by atoms with E-state index in [1.807, 2.05) is 6.92 Å². The van der Waals surface area contributed by atoms with Crippen LogP contribution >= 0.6 is 23.2 Å². The summed E-state index contributed by atoms with van der Waals surface area (Å²) in [7, 11) is 0. The summed E-state index contributed by atoms with van der Waals surface area (Å²) in [5.41, 5.74) is 0. The topological polar surface area (TPSA) is 26.3 Å². The molecule has 1 unspecified atom stereocenters. The van der Waals surface area contributed by atoms with Crippen LogP contribution in [-0.4, -0.2) is 23.8 Å². The minimum Gasteiger partial charge on any atom is -0.464 e. The molecule has 0 aromatic rings. The Kier molecular flexibility index (Phi) is 7.72. The van der Waals surface area contributed by atoms with Gasteiger partial charge in [0.1, 0.15) is 6.61 Å². The lowest BCUT2D eigenvalue weighted by atomic mass is 10.2. The van der Waals surface area contributed by atoms with E-state index in [-0.39, 0.29) is 18.0 Å². The van der Waals surface area contributed by atoms with Crippen molar-refractivity contribution in [3.05, 3.63) is 0 Å². The highest BCUT2D eigenvalue weighted by molar-refractivity contribution is 6.28. The van der Waals surface area contributed by atoms with Crippen molar-refractivity contribution >= 4 is 29.2 Å². The quantitative estimate of drug-likeness (QED) is 0.500. The summed E-state index contributed by atoms with van der Waals surface area (Å²) in [6.45, 7) is 2.24. The predicted octanol–water partition coefficient (Wildman–Crippen LogP) is 2.57. The molecule has 0 aliphatic heterocycles. The molecule has 0 rings (SSSR count). The first-order valence-corrected chi connectivity index (χ1v) is 5.03. The van der Waals surface area contributed by atoms with Crippen LogP contribution in [0.1, 0.15) is 26.2 Å². The molecule has 2 nitrogen and oxygen atoms in total. The van der Waals surface area contributed by atoms with E-state index >= 15 is 0 Å². The third kappa shape index (κ3) is 6.74. The number of esters is 1. The Hall–Kier alpha value is 0.0500. The summed E-state index contributed by atoms with van der Waals surface area (Å²) >= 11 is 11.1. The zero-order valence-corrected chi connectivity index (χ0v) is 8.70. The van der Waals surface area contributed by atoms with Crippen LogP contribution in [0.5, 0.6) is 0 Å². The molecule has 0 bridgehead atoms. The zero-order valence-electron chi connectivity index (χ0n) is 7.19. The largest absolute Gasteiger partial charge is 0.464 e. The van der Waals surface area contributed by atoms with Gasteiger partial charge in [0.15, 0.2) is 0 Å². The second-order valence-electron chi connectivity index (χ2n) is 2.54. The van der Waals surface area contributed by atoms with Crippen LogP contribution in [0.3, 0.4) is 0 Å². The van der Waals surface area contributed by atoms with Gasteiger partial charge in [0.2, 0.25) is 0 Å². The van der Waals surface area contributed by atoms with Crippen LogP contribution < -0.4 is 0 Å². The van der Waals surface area contributed by atoms with Gasteiger partial charge in [-0.2, -0.15) is 0 Å². The van der Waals surface area contributed by atoms with Gasteiger partial charge in [0, 0.05) is 12.3 Å². The fourth-order valence-corrected chi connectivity index (χ4v) is 0.773. The summed E-state index contributed by atoms with van der Waals surface area (Å²) in [5.74, 6) is 0.121. The number of ether oxygens (including phenoxy) is 1. The van der Waals surface area contributed by atoms with Gasteiger partial charge in [-0.25, -0.2) is 0 Å². The lowest BCUT2D eigenvalue weighted by Crippen LogP contribution is -2.14. The summed E-state index contributed by atoms with van der Waals surface area (Å²) in [6, 6.07) is 0. The molecule has 0 fully saturated rings. The van der Waals surface area contributed by atoms with E-state index < -0.39 is 0 Å². The van der Waals surface area contributed by atoms with E-state index in [4.69, 9.17) is 27.9 Å². The van der Waals surface area contributed by atoms with Crippen molar-refractivity contribution in [2.24, 2.45) is 0 Å². The van der Waals surface area contributed by atoms with E-state index in [1.54, 1.807) is 0 Å². The summed E-state index contributed by atoms with van der Waals surface area (Å²) < 4.78 is 4.84. The van der Waals surface area contributed by atoms with Gasteiger partial charge in [-0.15, -0.1) is 23.2 Å². The Bertz CT molecular complexity index is 128. The van der Waals surface area contributed by atoms with Crippen molar-refractivity contribution < 1.29 is 9.53 Å². The summed E-state index contributed by atoms with van der Waals surface area (Å²) in [6.07, 6.45) is 2.34. The Balaban J connectivity index is 3.31. The SMILES string of the molecule is CCCCC(=O)OCC(Cl)CCl. The van der Waals surface area contributed by atoms with Gasteiger partial charge in [-0.3, -0.25) is 4.79 Å². The molecule has 0 spiro atoms. The van der Waals surface area contributed by atoms with E-state index in [2.05, 4.69) is 0 Å². The molecule has 0 saturated carbocycles. The van der Waals surface area contributed by atoms with Crippen molar-refractivity contribution in [2.45, 2.75) is 31.6 Å². The normalized spacial score (nSPS) is 12.6. The molecule has 0 aliphatic carbocycles. The van der Waals surface area contributed by atoms with Crippen molar-refractivity contribution in [2.75, 3.05) is 12.5 Å². The molecule has 1 atom stereocenters. The van der Waals surface area contributed by atoms with Crippen LogP contribution in [0, 0.1) is 0 Å². The number of alkyl halides is 2. The second-order valence-corrected chi connectivity index (χ2v) is 3.46. The van der Waals surface area contributed by atoms with Crippen LogP contribution in [0.25, 0.3) is 0 Å². The number of halogens is 2. The van der Waals surface area contributed by atoms with Gasteiger partial charge >= 0.3 is 5.97 Å². The molecule has 0 amide bonds. The molecule has 0 aromatic carbocycles. The average Bonchev–Trinajstić information content (AvgIpc) is 2.10. The first-order valence-electron chi connectivity index (χ1n) is 4.06. The van der Waals surface area contributed by atoms with Crippen LogP contribution in [-0.2, 0) is 9.53 Å². The maximum Gasteiger partial charge on any atom is 0.305 e. The molecular weight excluding hydrogens is 199 g/mol. The van der Waals surface area contributed by atoms with Crippen LogP contribution in [0.2, 0.25) is 0 Å². The minimum atomic E-state index is -0.266. The lowest BCUT2D eigenvalue weighted by molar-refractivity contribution is -0.143. The van der Waals surface area contributed by atoms with E-state index in [0.29, 0.717) is 12.3 Å². The van der Waals surface area contributed by atoms with Gasteiger partial charge in [0.25, 0.3) is 0 Å². The second kappa shape index (κ2) is 7.69. The van der Waals surface area contributed by atoms with E-state index in [9.17, 15) is 4.79 Å². The molecule has 0 radical (unpaired) electrons. The maximum absolute atomic E-state index is 10.9. The molecule has 0 saturated heterocycles. The number of carbonyl (C=O) groups is 1. The van der Waals surface area contributed by atoms with Crippen LogP contribution in [0.15, 0.2) is 0 Å². The first kappa shape index (κ1) is 12.0. The van der Waals surface area contributed by atoms with Gasteiger partial charge in [-0.05, 0) is 6.42 Å².